The summed E-state index contributed by atoms with van der Waals surface area (Å²) in [6.45, 7) is 0. The van der Waals surface area contributed by atoms with Crippen LogP contribution in [-0.4, -0.2) is 5.75 Å². The standard InChI is InChI=1S/C13H17NS2/c1-2-3-4-5-11(14)13-8-10-9-15-7-6-12(10)16-13/h1,8,11H,3-7,9,14H2. The van der Waals surface area contributed by atoms with Crippen LogP contribution >= 0.6 is 23.1 Å². The maximum absolute atomic E-state index is 6.18. The molecule has 86 valence electrons. The van der Waals surface area contributed by atoms with E-state index in [-0.39, 0.29) is 6.04 Å². The molecule has 2 rings (SSSR count). The Balaban J connectivity index is 1.98. The molecule has 0 aliphatic carbocycles. The van der Waals surface area contributed by atoms with Crippen molar-refractivity contribution in [1.29, 1.82) is 0 Å². The number of unbranched alkanes of at least 4 members (excludes halogenated alkanes) is 1. The lowest BCUT2D eigenvalue weighted by Crippen LogP contribution is -2.08. The van der Waals surface area contributed by atoms with Gasteiger partial charge in [-0.25, -0.2) is 0 Å². The molecule has 1 nitrogen and oxygen atoms in total. The molecule has 0 bridgehead atoms. The number of thiophene rings is 1. The molecule has 1 aliphatic heterocycles. The molecule has 0 saturated carbocycles. The van der Waals surface area contributed by atoms with Gasteiger partial charge in [-0.05, 0) is 36.6 Å². The molecule has 0 fully saturated rings. The van der Waals surface area contributed by atoms with Crippen molar-refractivity contribution in [2.45, 2.75) is 37.5 Å². The molecule has 2 heterocycles. The highest BCUT2D eigenvalue weighted by Crippen LogP contribution is 2.34. The van der Waals surface area contributed by atoms with E-state index < -0.39 is 0 Å². The fourth-order valence-corrected chi connectivity index (χ4v) is 4.33. The minimum atomic E-state index is 0.189. The van der Waals surface area contributed by atoms with Gasteiger partial charge in [0.15, 0.2) is 0 Å². The van der Waals surface area contributed by atoms with E-state index in [4.69, 9.17) is 12.2 Å². The first-order valence-corrected chi connectivity index (χ1v) is 7.66. The summed E-state index contributed by atoms with van der Waals surface area (Å²) in [5.41, 5.74) is 7.70. The second-order valence-electron chi connectivity index (χ2n) is 4.10. The Morgan fingerprint density at radius 3 is 3.19 bits per heavy atom. The summed E-state index contributed by atoms with van der Waals surface area (Å²) in [5.74, 6) is 5.10. The van der Waals surface area contributed by atoms with Crippen LogP contribution in [0, 0.1) is 12.3 Å². The van der Waals surface area contributed by atoms with E-state index in [0.717, 1.165) is 19.3 Å². The van der Waals surface area contributed by atoms with Crippen LogP contribution in [-0.2, 0) is 12.2 Å². The van der Waals surface area contributed by atoms with Crippen molar-refractivity contribution in [3.8, 4) is 12.3 Å². The van der Waals surface area contributed by atoms with E-state index in [0.29, 0.717) is 0 Å². The number of thioether (sulfide) groups is 1. The smallest absolute Gasteiger partial charge is 0.0390 e. The molecule has 0 saturated heterocycles. The van der Waals surface area contributed by atoms with Crippen LogP contribution in [0.15, 0.2) is 6.07 Å². The zero-order chi connectivity index (χ0) is 11.4. The summed E-state index contributed by atoms with van der Waals surface area (Å²) >= 11 is 3.93. The first-order chi connectivity index (χ1) is 7.81. The quantitative estimate of drug-likeness (QED) is 0.656. The van der Waals surface area contributed by atoms with Gasteiger partial charge < -0.3 is 5.73 Å². The summed E-state index contributed by atoms with van der Waals surface area (Å²) in [6.07, 6.45) is 9.36. The first-order valence-electron chi connectivity index (χ1n) is 5.69. The summed E-state index contributed by atoms with van der Waals surface area (Å²) in [6, 6.07) is 2.50. The Bertz CT molecular complexity index is 366. The van der Waals surface area contributed by atoms with Crippen LogP contribution in [0.4, 0.5) is 0 Å². The third-order valence-electron chi connectivity index (χ3n) is 2.85. The number of rotatable bonds is 4. The lowest BCUT2D eigenvalue weighted by atomic mass is 10.1. The van der Waals surface area contributed by atoms with Gasteiger partial charge in [0.05, 0.1) is 0 Å². The van der Waals surface area contributed by atoms with E-state index >= 15 is 0 Å². The van der Waals surface area contributed by atoms with E-state index in [1.54, 1.807) is 4.88 Å². The molecule has 16 heavy (non-hydrogen) atoms. The molecule has 1 aliphatic rings. The second kappa shape index (κ2) is 5.77. The molecule has 1 unspecified atom stereocenters. The average molecular weight is 251 g/mol. The van der Waals surface area contributed by atoms with Crippen LogP contribution in [0.5, 0.6) is 0 Å². The summed E-state index contributed by atoms with van der Waals surface area (Å²) in [7, 11) is 0. The fourth-order valence-electron chi connectivity index (χ4n) is 1.92. The van der Waals surface area contributed by atoms with E-state index in [1.807, 2.05) is 23.1 Å². The highest BCUT2D eigenvalue weighted by molar-refractivity contribution is 7.98. The van der Waals surface area contributed by atoms with Crippen molar-refractivity contribution in [2.75, 3.05) is 5.75 Å². The lowest BCUT2D eigenvalue weighted by molar-refractivity contribution is 0.630. The lowest BCUT2D eigenvalue weighted by Gasteiger charge is -2.08. The minimum Gasteiger partial charge on any atom is -0.323 e. The number of terminal acetylenes is 1. The SMILES string of the molecule is C#CCCCC(N)c1cc2c(s1)CCSC2. The van der Waals surface area contributed by atoms with E-state index in [9.17, 15) is 0 Å². The molecule has 0 radical (unpaired) electrons. The van der Waals surface area contributed by atoms with Gasteiger partial charge in [-0.2, -0.15) is 11.8 Å². The molecular formula is C13H17NS2. The zero-order valence-corrected chi connectivity index (χ0v) is 11.0. The fraction of sp³-hybridized carbons (Fsp3) is 0.538. The van der Waals surface area contributed by atoms with Gasteiger partial charge in [-0.3, -0.25) is 0 Å². The van der Waals surface area contributed by atoms with Crippen LogP contribution in [0.25, 0.3) is 0 Å². The van der Waals surface area contributed by atoms with Crippen molar-refractivity contribution in [3.05, 3.63) is 21.4 Å². The van der Waals surface area contributed by atoms with Gasteiger partial charge in [0.25, 0.3) is 0 Å². The third kappa shape index (κ3) is 2.82. The van der Waals surface area contributed by atoms with Crippen LogP contribution < -0.4 is 5.73 Å². The topological polar surface area (TPSA) is 26.0 Å². The predicted octanol–water partition coefficient (Wildman–Crippen LogP) is 3.34. The molecule has 0 amide bonds. The Labute approximate surface area is 106 Å². The largest absolute Gasteiger partial charge is 0.323 e. The number of hydrogen-bond donors (Lipinski definition) is 1. The highest BCUT2D eigenvalue weighted by Gasteiger charge is 2.16. The summed E-state index contributed by atoms with van der Waals surface area (Å²) in [5, 5.41) is 0. The van der Waals surface area contributed by atoms with Crippen LogP contribution in [0.1, 0.15) is 40.6 Å². The third-order valence-corrected chi connectivity index (χ3v) is 5.23. The van der Waals surface area contributed by atoms with Gasteiger partial charge in [0.2, 0.25) is 0 Å². The maximum atomic E-state index is 6.18. The Hall–Kier alpha value is -0.430. The van der Waals surface area contributed by atoms with Gasteiger partial charge in [-0.1, -0.05) is 0 Å². The Morgan fingerprint density at radius 1 is 1.56 bits per heavy atom. The Kier molecular flexibility index (Phi) is 4.34. The van der Waals surface area contributed by atoms with Crippen molar-refractivity contribution < 1.29 is 0 Å². The average Bonchev–Trinajstić information content (AvgIpc) is 2.73. The normalized spacial score (nSPS) is 16.5. The van der Waals surface area contributed by atoms with Crippen molar-refractivity contribution in [3.63, 3.8) is 0 Å². The van der Waals surface area contributed by atoms with E-state index in [2.05, 4.69) is 12.0 Å². The first kappa shape index (κ1) is 12.0. The Morgan fingerprint density at radius 2 is 2.44 bits per heavy atom. The number of hydrogen-bond acceptors (Lipinski definition) is 3. The second-order valence-corrected chi connectivity index (χ2v) is 6.38. The molecule has 2 N–H and O–H groups in total. The monoisotopic (exact) mass is 251 g/mol. The molecular weight excluding hydrogens is 234 g/mol. The highest BCUT2D eigenvalue weighted by atomic mass is 32.2. The number of fused-ring (bicyclic) bond motifs is 1. The van der Waals surface area contributed by atoms with Crippen molar-refractivity contribution in [2.24, 2.45) is 5.73 Å². The molecule has 1 atom stereocenters. The van der Waals surface area contributed by atoms with Gasteiger partial charge >= 0.3 is 0 Å². The van der Waals surface area contributed by atoms with Crippen molar-refractivity contribution >= 4 is 23.1 Å². The van der Waals surface area contributed by atoms with Crippen molar-refractivity contribution in [1.82, 2.24) is 0 Å². The summed E-state index contributed by atoms with van der Waals surface area (Å²) < 4.78 is 0. The zero-order valence-electron chi connectivity index (χ0n) is 9.37. The molecule has 1 aromatic rings. The van der Waals surface area contributed by atoms with Gasteiger partial charge in [0, 0.05) is 28.0 Å². The number of nitrogens with two attached hydrogens (primary N) is 1. The minimum absolute atomic E-state index is 0.189. The maximum Gasteiger partial charge on any atom is 0.0390 e. The van der Waals surface area contributed by atoms with Gasteiger partial charge in [0.1, 0.15) is 0 Å². The molecule has 3 heteroatoms. The van der Waals surface area contributed by atoms with E-state index in [1.165, 1.54) is 28.4 Å². The molecule has 0 aromatic carbocycles. The van der Waals surface area contributed by atoms with Crippen LogP contribution in [0.2, 0.25) is 0 Å². The number of aryl methyl sites for hydroxylation is 1. The van der Waals surface area contributed by atoms with Gasteiger partial charge in [-0.15, -0.1) is 23.7 Å². The predicted molar refractivity (Wildman–Crippen MR) is 73.8 cm³/mol. The summed E-state index contributed by atoms with van der Waals surface area (Å²) in [4.78, 5) is 2.91. The molecule has 0 spiro atoms. The molecule has 1 aromatic heterocycles. The van der Waals surface area contributed by atoms with Crippen LogP contribution in [0.3, 0.4) is 0 Å².